The fourth-order valence-corrected chi connectivity index (χ4v) is 2.55. The zero-order valence-electron chi connectivity index (χ0n) is 10.4. The summed E-state index contributed by atoms with van der Waals surface area (Å²) in [6.07, 6.45) is 0. The number of benzene rings is 1. The number of carbonyl (C=O) groups excluding carboxylic acids is 1. The van der Waals surface area contributed by atoms with Gasteiger partial charge in [-0.05, 0) is 35.1 Å². The van der Waals surface area contributed by atoms with Gasteiger partial charge in [-0.2, -0.15) is 0 Å². The van der Waals surface area contributed by atoms with E-state index in [4.69, 9.17) is 0 Å². The van der Waals surface area contributed by atoms with Crippen LogP contribution in [0.2, 0.25) is 0 Å². The van der Waals surface area contributed by atoms with E-state index in [1.807, 2.05) is 24.3 Å². The molecule has 18 heavy (non-hydrogen) atoms. The second kappa shape index (κ2) is 6.31. The highest BCUT2D eigenvalue weighted by atomic mass is 79.9. The Balaban J connectivity index is 1.87. The van der Waals surface area contributed by atoms with Gasteiger partial charge in [-0.3, -0.25) is 4.79 Å². The Labute approximate surface area is 116 Å². The third-order valence-electron chi connectivity index (χ3n) is 3.09. The lowest BCUT2D eigenvalue weighted by atomic mass is 10.2. The first-order chi connectivity index (χ1) is 8.66. The molecule has 0 aromatic heterocycles. The average molecular weight is 312 g/mol. The van der Waals surface area contributed by atoms with Crippen molar-refractivity contribution in [3.05, 3.63) is 34.3 Å². The zero-order valence-corrected chi connectivity index (χ0v) is 12.0. The van der Waals surface area contributed by atoms with Crippen molar-refractivity contribution < 1.29 is 4.79 Å². The van der Waals surface area contributed by atoms with Gasteiger partial charge in [0.2, 0.25) is 0 Å². The Morgan fingerprint density at radius 1 is 1.56 bits per heavy atom. The molecule has 4 nitrogen and oxygen atoms in total. The smallest absolute Gasteiger partial charge is 0.252 e. The molecule has 2 N–H and O–H groups in total. The van der Waals surface area contributed by atoms with Crippen LogP contribution in [0.5, 0.6) is 0 Å². The van der Waals surface area contributed by atoms with Crippen molar-refractivity contribution in [3.63, 3.8) is 0 Å². The summed E-state index contributed by atoms with van der Waals surface area (Å²) >= 11 is 3.39. The molecule has 0 radical (unpaired) electrons. The Morgan fingerprint density at radius 2 is 2.33 bits per heavy atom. The summed E-state index contributed by atoms with van der Waals surface area (Å²) < 4.78 is 0.830. The molecule has 1 atom stereocenters. The van der Waals surface area contributed by atoms with Crippen molar-refractivity contribution in [2.75, 3.05) is 33.2 Å². The first-order valence-electron chi connectivity index (χ1n) is 6.11. The topological polar surface area (TPSA) is 44.4 Å². The van der Waals surface area contributed by atoms with Crippen LogP contribution in [0.15, 0.2) is 28.7 Å². The van der Waals surface area contributed by atoms with E-state index in [-0.39, 0.29) is 5.91 Å². The average Bonchev–Trinajstić information content (AvgIpc) is 2.37. The van der Waals surface area contributed by atoms with Gasteiger partial charge < -0.3 is 15.5 Å². The molecular weight excluding hydrogens is 294 g/mol. The Kier molecular flexibility index (Phi) is 4.74. The van der Waals surface area contributed by atoms with Gasteiger partial charge in [0.15, 0.2) is 0 Å². The van der Waals surface area contributed by atoms with Crippen LogP contribution < -0.4 is 10.6 Å². The van der Waals surface area contributed by atoms with Crippen LogP contribution in [-0.2, 0) is 0 Å². The number of hydrogen-bond acceptors (Lipinski definition) is 3. The first kappa shape index (κ1) is 13.5. The van der Waals surface area contributed by atoms with Crippen LogP contribution >= 0.6 is 15.9 Å². The lowest BCUT2D eigenvalue weighted by Crippen LogP contribution is -2.53. The molecular formula is C13H18BrN3O. The van der Waals surface area contributed by atoms with E-state index in [9.17, 15) is 4.79 Å². The van der Waals surface area contributed by atoms with Crippen molar-refractivity contribution in [2.24, 2.45) is 0 Å². The number of amides is 1. The summed E-state index contributed by atoms with van der Waals surface area (Å²) in [5, 5.41) is 6.37. The molecule has 1 saturated heterocycles. The van der Waals surface area contributed by atoms with E-state index in [0.717, 1.165) is 24.1 Å². The molecule has 0 saturated carbocycles. The maximum absolute atomic E-state index is 12.0. The minimum atomic E-state index is -0.0301. The van der Waals surface area contributed by atoms with Crippen LogP contribution in [0.25, 0.3) is 0 Å². The molecule has 98 valence electrons. The molecule has 1 unspecified atom stereocenters. The molecule has 2 rings (SSSR count). The van der Waals surface area contributed by atoms with E-state index in [1.165, 1.54) is 0 Å². The molecule has 0 bridgehead atoms. The maximum Gasteiger partial charge on any atom is 0.252 e. The van der Waals surface area contributed by atoms with E-state index in [0.29, 0.717) is 18.2 Å². The van der Waals surface area contributed by atoms with Crippen molar-refractivity contribution in [1.82, 2.24) is 15.5 Å². The Morgan fingerprint density at radius 3 is 3.06 bits per heavy atom. The summed E-state index contributed by atoms with van der Waals surface area (Å²) in [4.78, 5) is 14.3. The summed E-state index contributed by atoms with van der Waals surface area (Å²) in [5.41, 5.74) is 0.682. The summed E-state index contributed by atoms with van der Waals surface area (Å²) in [7, 11) is 2.10. The predicted octanol–water partition coefficient (Wildman–Crippen LogP) is 1.08. The van der Waals surface area contributed by atoms with E-state index in [1.54, 1.807) is 0 Å². The van der Waals surface area contributed by atoms with Crippen LogP contribution in [0.3, 0.4) is 0 Å². The molecule has 0 spiro atoms. The predicted molar refractivity (Wildman–Crippen MR) is 75.8 cm³/mol. The standard InChI is InChI=1S/C13H18BrN3O/c1-17-7-6-15-10(9-17)8-16-13(18)11-4-2-3-5-12(11)14/h2-5,10,15H,6-9H2,1H3,(H,16,18). The van der Waals surface area contributed by atoms with Gasteiger partial charge >= 0.3 is 0 Å². The molecule has 1 aromatic rings. The normalized spacial score (nSPS) is 20.7. The molecule has 1 fully saturated rings. The van der Waals surface area contributed by atoms with Gasteiger partial charge in [-0.1, -0.05) is 12.1 Å². The van der Waals surface area contributed by atoms with Crippen LogP contribution in [0, 0.1) is 0 Å². The zero-order chi connectivity index (χ0) is 13.0. The minimum Gasteiger partial charge on any atom is -0.350 e. The minimum absolute atomic E-state index is 0.0301. The van der Waals surface area contributed by atoms with Crippen molar-refractivity contribution in [3.8, 4) is 0 Å². The van der Waals surface area contributed by atoms with E-state index >= 15 is 0 Å². The lowest BCUT2D eigenvalue weighted by Gasteiger charge is -2.30. The fourth-order valence-electron chi connectivity index (χ4n) is 2.08. The van der Waals surface area contributed by atoms with E-state index < -0.39 is 0 Å². The molecule has 1 amide bonds. The van der Waals surface area contributed by atoms with Gasteiger partial charge in [-0.15, -0.1) is 0 Å². The number of rotatable bonds is 3. The van der Waals surface area contributed by atoms with Crippen molar-refractivity contribution in [1.29, 1.82) is 0 Å². The highest BCUT2D eigenvalue weighted by Gasteiger charge is 2.17. The van der Waals surface area contributed by atoms with Crippen molar-refractivity contribution >= 4 is 21.8 Å². The number of nitrogens with one attached hydrogen (secondary N) is 2. The number of carbonyl (C=O) groups is 1. The van der Waals surface area contributed by atoms with E-state index in [2.05, 4.69) is 38.5 Å². The van der Waals surface area contributed by atoms with Gasteiger partial charge in [-0.25, -0.2) is 0 Å². The second-order valence-corrected chi connectivity index (χ2v) is 5.46. The molecule has 0 aliphatic carbocycles. The first-order valence-corrected chi connectivity index (χ1v) is 6.91. The lowest BCUT2D eigenvalue weighted by molar-refractivity contribution is 0.0943. The maximum atomic E-state index is 12.0. The molecule has 1 heterocycles. The monoisotopic (exact) mass is 311 g/mol. The number of likely N-dealkylation sites (N-methyl/N-ethyl adjacent to an activating group) is 1. The van der Waals surface area contributed by atoms with Gasteiger partial charge in [0.25, 0.3) is 5.91 Å². The Bertz CT molecular complexity index is 424. The van der Waals surface area contributed by atoms with Gasteiger partial charge in [0, 0.05) is 36.7 Å². The second-order valence-electron chi connectivity index (χ2n) is 4.60. The van der Waals surface area contributed by atoms with Crippen LogP contribution in [0.1, 0.15) is 10.4 Å². The number of halogens is 1. The van der Waals surface area contributed by atoms with Crippen molar-refractivity contribution in [2.45, 2.75) is 6.04 Å². The third kappa shape index (κ3) is 3.54. The molecule has 1 aliphatic rings. The number of nitrogens with zero attached hydrogens (tertiary/aromatic N) is 1. The van der Waals surface area contributed by atoms with Gasteiger partial charge in [0.05, 0.1) is 5.56 Å². The fraction of sp³-hybridized carbons (Fsp3) is 0.462. The van der Waals surface area contributed by atoms with Gasteiger partial charge in [0.1, 0.15) is 0 Å². The largest absolute Gasteiger partial charge is 0.350 e. The summed E-state index contributed by atoms with van der Waals surface area (Å²) in [6.45, 7) is 3.67. The summed E-state index contributed by atoms with van der Waals surface area (Å²) in [6, 6.07) is 7.79. The number of hydrogen-bond donors (Lipinski definition) is 2. The van der Waals surface area contributed by atoms with Crippen LogP contribution in [0.4, 0.5) is 0 Å². The number of piperazine rings is 1. The summed E-state index contributed by atoms with van der Waals surface area (Å²) in [5.74, 6) is -0.0301. The molecule has 1 aromatic carbocycles. The highest BCUT2D eigenvalue weighted by Crippen LogP contribution is 2.15. The SMILES string of the molecule is CN1CCNC(CNC(=O)c2ccccc2Br)C1. The van der Waals surface area contributed by atoms with Crippen LogP contribution in [-0.4, -0.2) is 50.1 Å². The third-order valence-corrected chi connectivity index (χ3v) is 3.78. The Hall–Kier alpha value is -0.910. The quantitative estimate of drug-likeness (QED) is 0.878. The highest BCUT2D eigenvalue weighted by molar-refractivity contribution is 9.10. The molecule has 1 aliphatic heterocycles. The molecule has 5 heteroatoms.